The Kier molecular flexibility index (Phi) is 4.57. The van der Waals surface area contributed by atoms with Gasteiger partial charge in [0.1, 0.15) is 12.3 Å². The van der Waals surface area contributed by atoms with Gasteiger partial charge in [0, 0.05) is 13.7 Å². The molecule has 2 rings (SSSR count). The number of nitrogens with one attached hydrogen (secondary N) is 1. The van der Waals surface area contributed by atoms with E-state index >= 15 is 0 Å². The van der Waals surface area contributed by atoms with Crippen LogP contribution in [-0.4, -0.2) is 44.7 Å². The molecule has 20 heavy (non-hydrogen) atoms. The van der Waals surface area contributed by atoms with Gasteiger partial charge in [0.05, 0.1) is 12.3 Å². The number of anilines is 1. The molecule has 0 fully saturated rings. The maximum atomic E-state index is 12.1. The van der Waals surface area contributed by atoms with E-state index in [4.69, 9.17) is 9.47 Å². The first-order chi connectivity index (χ1) is 9.63. The molecule has 108 valence electrons. The fourth-order valence-corrected chi connectivity index (χ4v) is 2.01. The first-order valence-electron chi connectivity index (χ1n) is 6.46. The molecule has 2 amide bonds. The lowest BCUT2D eigenvalue weighted by atomic mass is 10.2. The summed E-state index contributed by atoms with van der Waals surface area (Å²) in [5.41, 5.74) is 0.623. The van der Waals surface area contributed by atoms with Crippen molar-refractivity contribution in [1.29, 1.82) is 0 Å². The molecule has 1 aromatic rings. The van der Waals surface area contributed by atoms with Crippen molar-refractivity contribution in [3.63, 3.8) is 0 Å². The van der Waals surface area contributed by atoms with Crippen molar-refractivity contribution in [3.8, 4) is 5.75 Å². The van der Waals surface area contributed by atoms with Gasteiger partial charge in [-0.05, 0) is 19.1 Å². The van der Waals surface area contributed by atoms with Gasteiger partial charge in [-0.1, -0.05) is 12.1 Å². The van der Waals surface area contributed by atoms with Gasteiger partial charge in [-0.3, -0.25) is 14.5 Å². The smallest absolute Gasteiger partial charge is 0.268 e. The lowest BCUT2D eigenvalue weighted by Gasteiger charge is -2.32. The van der Waals surface area contributed by atoms with Crippen LogP contribution in [0.15, 0.2) is 24.3 Å². The Morgan fingerprint density at radius 1 is 1.45 bits per heavy atom. The van der Waals surface area contributed by atoms with E-state index in [9.17, 15) is 9.59 Å². The lowest BCUT2D eigenvalue weighted by Crippen LogP contribution is -2.49. The molecular formula is C14H18N2O4. The second kappa shape index (κ2) is 6.38. The van der Waals surface area contributed by atoms with E-state index in [2.05, 4.69) is 5.32 Å². The molecule has 0 aliphatic carbocycles. The summed E-state index contributed by atoms with van der Waals surface area (Å²) in [6.07, 6.45) is -0.586. The van der Waals surface area contributed by atoms with Gasteiger partial charge in [-0.25, -0.2) is 0 Å². The fraction of sp³-hybridized carbons (Fsp3) is 0.429. The molecular weight excluding hydrogens is 260 g/mol. The highest BCUT2D eigenvalue weighted by Crippen LogP contribution is 2.33. The van der Waals surface area contributed by atoms with Crippen LogP contribution in [0.4, 0.5) is 5.69 Å². The summed E-state index contributed by atoms with van der Waals surface area (Å²) in [5, 5.41) is 2.70. The van der Waals surface area contributed by atoms with Crippen LogP contribution in [0.1, 0.15) is 6.92 Å². The number of benzene rings is 1. The van der Waals surface area contributed by atoms with Crippen molar-refractivity contribution in [3.05, 3.63) is 24.3 Å². The number of hydrogen-bond donors (Lipinski definition) is 1. The summed E-state index contributed by atoms with van der Waals surface area (Å²) in [6, 6.07) is 7.19. The highest BCUT2D eigenvalue weighted by atomic mass is 16.5. The Morgan fingerprint density at radius 2 is 2.20 bits per heavy atom. The first-order valence-corrected chi connectivity index (χ1v) is 6.46. The van der Waals surface area contributed by atoms with Gasteiger partial charge < -0.3 is 14.8 Å². The third kappa shape index (κ3) is 3.08. The normalized spacial score (nSPS) is 17.4. The molecule has 0 spiro atoms. The highest BCUT2D eigenvalue weighted by Gasteiger charge is 2.32. The van der Waals surface area contributed by atoms with E-state index in [1.165, 1.54) is 4.90 Å². The molecule has 0 aromatic heterocycles. The summed E-state index contributed by atoms with van der Waals surface area (Å²) in [6.45, 7) is 2.52. The minimum atomic E-state index is -0.586. The number of carbonyl (C=O) groups is 2. The SMILES string of the molecule is COCCNC(=O)CN1C(=O)[C@@H](C)Oc2ccccc21. The maximum absolute atomic E-state index is 12.1. The van der Waals surface area contributed by atoms with Crippen molar-refractivity contribution in [2.45, 2.75) is 13.0 Å². The molecule has 6 heteroatoms. The second-order valence-electron chi connectivity index (χ2n) is 4.49. The standard InChI is InChI=1S/C14H18N2O4/c1-10-14(18)16(9-13(17)15-7-8-19-2)11-5-3-4-6-12(11)20-10/h3-6,10H,7-9H2,1-2H3,(H,15,17)/t10-/m1/s1. The van der Waals surface area contributed by atoms with Gasteiger partial charge in [0.25, 0.3) is 5.91 Å². The van der Waals surface area contributed by atoms with E-state index in [1.54, 1.807) is 32.2 Å². The number of hydrogen-bond acceptors (Lipinski definition) is 4. The molecule has 1 aromatic carbocycles. The van der Waals surface area contributed by atoms with Crippen LogP contribution in [0, 0.1) is 0 Å². The van der Waals surface area contributed by atoms with E-state index in [-0.39, 0.29) is 18.4 Å². The maximum Gasteiger partial charge on any atom is 0.268 e. The summed E-state index contributed by atoms with van der Waals surface area (Å²) in [5.74, 6) is 0.175. The molecule has 6 nitrogen and oxygen atoms in total. The predicted molar refractivity (Wildman–Crippen MR) is 73.8 cm³/mol. The average molecular weight is 278 g/mol. The molecule has 1 heterocycles. The molecule has 0 unspecified atom stereocenters. The third-order valence-electron chi connectivity index (χ3n) is 3.00. The topological polar surface area (TPSA) is 67.9 Å². The molecule has 1 N–H and O–H groups in total. The van der Waals surface area contributed by atoms with Crippen LogP contribution in [0.5, 0.6) is 5.75 Å². The summed E-state index contributed by atoms with van der Waals surface area (Å²) in [4.78, 5) is 25.4. The Labute approximate surface area is 117 Å². The monoisotopic (exact) mass is 278 g/mol. The van der Waals surface area contributed by atoms with Gasteiger partial charge in [0.15, 0.2) is 6.10 Å². The zero-order valence-electron chi connectivity index (χ0n) is 11.6. The number of rotatable bonds is 5. The minimum Gasteiger partial charge on any atom is -0.479 e. The number of fused-ring (bicyclic) bond motifs is 1. The van der Waals surface area contributed by atoms with Gasteiger partial charge in [-0.2, -0.15) is 0 Å². The quantitative estimate of drug-likeness (QED) is 0.799. The summed E-state index contributed by atoms with van der Waals surface area (Å²) >= 11 is 0. The Balaban J connectivity index is 2.09. The number of methoxy groups -OCH3 is 1. The predicted octanol–water partition coefficient (Wildman–Crippen LogP) is 0.563. The third-order valence-corrected chi connectivity index (χ3v) is 3.00. The van der Waals surface area contributed by atoms with E-state index in [0.29, 0.717) is 24.6 Å². The summed E-state index contributed by atoms with van der Waals surface area (Å²) < 4.78 is 10.4. The van der Waals surface area contributed by atoms with Gasteiger partial charge in [-0.15, -0.1) is 0 Å². The number of nitrogens with zero attached hydrogens (tertiary/aromatic N) is 1. The fourth-order valence-electron chi connectivity index (χ4n) is 2.01. The second-order valence-corrected chi connectivity index (χ2v) is 4.49. The van der Waals surface area contributed by atoms with E-state index in [0.717, 1.165) is 0 Å². The van der Waals surface area contributed by atoms with Crippen molar-refractivity contribution in [1.82, 2.24) is 5.32 Å². The number of amides is 2. The van der Waals surface area contributed by atoms with Crippen molar-refractivity contribution in [2.75, 3.05) is 31.7 Å². The summed E-state index contributed by atoms with van der Waals surface area (Å²) in [7, 11) is 1.57. The zero-order valence-corrected chi connectivity index (χ0v) is 11.6. The number of ether oxygens (including phenoxy) is 2. The van der Waals surface area contributed by atoms with Crippen molar-refractivity contribution in [2.24, 2.45) is 0 Å². The van der Waals surface area contributed by atoms with Crippen LogP contribution in [-0.2, 0) is 14.3 Å². The highest BCUT2D eigenvalue weighted by molar-refractivity contribution is 6.03. The molecule has 0 bridgehead atoms. The number of carbonyl (C=O) groups excluding carboxylic acids is 2. The Morgan fingerprint density at radius 3 is 2.95 bits per heavy atom. The lowest BCUT2D eigenvalue weighted by molar-refractivity contribution is -0.128. The van der Waals surface area contributed by atoms with Crippen LogP contribution in [0.2, 0.25) is 0 Å². The zero-order chi connectivity index (χ0) is 14.5. The molecule has 0 saturated carbocycles. The molecule has 1 aliphatic heterocycles. The Hall–Kier alpha value is -2.08. The largest absolute Gasteiger partial charge is 0.479 e. The van der Waals surface area contributed by atoms with Crippen LogP contribution in [0.3, 0.4) is 0 Å². The molecule has 1 aliphatic rings. The van der Waals surface area contributed by atoms with Crippen LogP contribution >= 0.6 is 0 Å². The van der Waals surface area contributed by atoms with E-state index in [1.807, 2.05) is 6.07 Å². The van der Waals surface area contributed by atoms with Crippen LogP contribution < -0.4 is 15.0 Å². The molecule has 0 saturated heterocycles. The average Bonchev–Trinajstić information content (AvgIpc) is 2.44. The Bertz CT molecular complexity index is 504. The van der Waals surface area contributed by atoms with E-state index < -0.39 is 6.10 Å². The van der Waals surface area contributed by atoms with Gasteiger partial charge >= 0.3 is 0 Å². The molecule has 1 atom stereocenters. The van der Waals surface area contributed by atoms with Crippen molar-refractivity contribution >= 4 is 17.5 Å². The first kappa shape index (κ1) is 14.3. The minimum absolute atomic E-state index is 0.0206. The van der Waals surface area contributed by atoms with Gasteiger partial charge in [0.2, 0.25) is 5.91 Å². The number of para-hydroxylation sites is 2. The molecule has 0 radical (unpaired) electrons. The van der Waals surface area contributed by atoms with Crippen LogP contribution in [0.25, 0.3) is 0 Å². The van der Waals surface area contributed by atoms with Crippen molar-refractivity contribution < 1.29 is 19.1 Å².